The molecule has 0 radical (unpaired) electrons. The van der Waals surface area contributed by atoms with Gasteiger partial charge in [0.2, 0.25) is 0 Å². The van der Waals surface area contributed by atoms with E-state index in [1.165, 1.54) is 17.7 Å². The van der Waals surface area contributed by atoms with Gasteiger partial charge in [-0.3, -0.25) is 9.79 Å². The first-order valence-electron chi connectivity index (χ1n) is 8.18. The Morgan fingerprint density at radius 2 is 1.96 bits per heavy atom. The minimum Gasteiger partial charge on any atom is -0.508 e. The average Bonchev–Trinajstić information content (AvgIpc) is 3.11. The number of carbonyl (C=O) groups is 1. The fourth-order valence-electron chi connectivity index (χ4n) is 2.25. The van der Waals surface area contributed by atoms with Crippen molar-refractivity contribution in [3.63, 3.8) is 0 Å². The Morgan fingerprint density at radius 3 is 2.58 bits per heavy atom. The molecule has 1 heterocycles. The molecule has 0 atom stereocenters. The number of phenolic OH excluding ortho intramolecular Hbond substituents is 1. The van der Waals surface area contributed by atoms with Gasteiger partial charge < -0.3 is 20.6 Å². The molecule has 8 heteroatoms. The Kier molecular flexibility index (Phi) is 10.0. The summed E-state index contributed by atoms with van der Waals surface area (Å²) in [5.74, 6) is 0.782. The summed E-state index contributed by atoms with van der Waals surface area (Å²) in [7, 11) is 1.99. The Morgan fingerprint density at radius 1 is 1.23 bits per heavy atom. The van der Waals surface area contributed by atoms with Gasteiger partial charge in [0.15, 0.2) is 5.96 Å². The predicted molar refractivity (Wildman–Crippen MR) is 118 cm³/mol. The Balaban J connectivity index is 0.00000338. The van der Waals surface area contributed by atoms with Crippen LogP contribution in [0.5, 0.6) is 5.75 Å². The van der Waals surface area contributed by atoms with Gasteiger partial charge in [0.1, 0.15) is 5.75 Å². The van der Waals surface area contributed by atoms with Crippen LogP contribution in [0.3, 0.4) is 0 Å². The number of carbonyl (C=O) groups excluding carboxylic acids is 1. The minimum atomic E-state index is -0.174. The highest BCUT2D eigenvalue weighted by Crippen LogP contribution is 2.09. The highest BCUT2D eigenvalue weighted by Gasteiger charge is 2.07. The number of thiophene rings is 1. The first-order chi connectivity index (χ1) is 12.1. The molecule has 0 aliphatic rings. The van der Waals surface area contributed by atoms with E-state index in [1.807, 2.05) is 14.0 Å². The number of aliphatic imine (C=N–C) groups is 1. The number of halogens is 1. The maximum absolute atomic E-state index is 12.0. The lowest BCUT2D eigenvalue weighted by molar-refractivity contribution is 0.0955. The average molecular weight is 488 g/mol. The molecule has 0 saturated carbocycles. The van der Waals surface area contributed by atoms with Crippen LogP contribution in [0, 0.1) is 0 Å². The molecule has 1 amide bonds. The number of phenols is 1. The molecule has 0 unspecified atom stereocenters. The van der Waals surface area contributed by atoms with Crippen molar-refractivity contribution >= 4 is 47.2 Å². The molecule has 1 aromatic carbocycles. The van der Waals surface area contributed by atoms with E-state index in [-0.39, 0.29) is 35.6 Å². The second kappa shape index (κ2) is 11.7. The van der Waals surface area contributed by atoms with Crippen molar-refractivity contribution < 1.29 is 9.90 Å². The second-order valence-electron chi connectivity index (χ2n) is 5.53. The van der Waals surface area contributed by atoms with Crippen molar-refractivity contribution in [3.05, 3.63) is 52.2 Å². The summed E-state index contributed by atoms with van der Waals surface area (Å²) >= 11 is 1.68. The lowest BCUT2D eigenvalue weighted by Crippen LogP contribution is -2.39. The summed E-state index contributed by atoms with van der Waals surface area (Å²) in [5.41, 5.74) is 1.77. The molecule has 0 aliphatic heterocycles. The molecule has 0 fully saturated rings. The molecule has 0 aliphatic carbocycles. The fourth-order valence-corrected chi connectivity index (χ4v) is 2.91. The molecule has 142 valence electrons. The zero-order chi connectivity index (χ0) is 18.1. The van der Waals surface area contributed by atoms with Gasteiger partial charge in [0, 0.05) is 32.2 Å². The Bertz CT molecular complexity index is 690. The number of hydrogen-bond donors (Lipinski definition) is 3. The van der Waals surface area contributed by atoms with Crippen molar-refractivity contribution in [3.8, 4) is 5.75 Å². The van der Waals surface area contributed by atoms with Crippen LogP contribution >= 0.6 is 35.3 Å². The summed E-state index contributed by atoms with van der Waals surface area (Å²) in [6.45, 7) is 4.53. The SMILES string of the molecule is CCNC(=NCCNC(=O)c1ccc(O)cc1)N(C)Cc1ccsc1.I. The molecule has 2 aromatic rings. The molecule has 6 nitrogen and oxygen atoms in total. The normalized spacial score (nSPS) is 10.8. The first-order valence-corrected chi connectivity index (χ1v) is 9.12. The van der Waals surface area contributed by atoms with Gasteiger partial charge in [-0.15, -0.1) is 24.0 Å². The van der Waals surface area contributed by atoms with Crippen LogP contribution < -0.4 is 10.6 Å². The molecule has 26 heavy (non-hydrogen) atoms. The standard InChI is InChI=1S/C18H24N4O2S.HI/c1-3-19-18(22(2)12-14-8-11-25-13-14)21-10-9-20-17(24)15-4-6-16(23)7-5-15;/h4-8,11,13,23H,3,9-10,12H2,1-2H3,(H,19,21)(H,20,24);1H. The number of rotatable bonds is 7. The molecular weight excluding hydrogens is 463 g/mol. The monoisotopic (exact) mass is 488 g/mol. The van der Waals surface area contributed by atoms with Crippen LogP contribution in [0.25, 0.3) is 0 Å². The van der Waals surface area contributed by atoms with E-state index in [0.29, 0.717) is 18.7 Å². The Hall–Kier alpha value is -1.81. The lowest BCUT2D eigenvalue weighted by atomic mass is 10.2. The van der Waals surface area contributed by atoms with Crippen LogP contribution in [0.2, 0.25) is 0 Å². The van der Waals surface area contributed by atoms with Crippen LogP contribution in [-0.2, 0) is 6.54 Å². The molecule has 1 aromatic heterocycles. The number of amides is 1. The Labute approximate surface area is 175 Å². The van der Waals surface area contributed by atoms with Crippen LogP contribution in [-0.4, -0.2) is 48.6 Å². The number of nitrogens with one attached hydrogen (secondary N) is 2. The third-order valence-corrected chi connectivity index (χ3v) is 4.22. The molecule has 0 bridgehead atoms. The van der Waals surface area contributed by atoms with Crippen LogP contribution in [0.1, 0.15) is 22.8 Å². The third kappa shape index (κ3) is 7.20. The summed E-state index contributed by atoms with van der Waals surface area (Å²) < 4.78 is 0. The predicted octanol–water partition coefficient (Wildman–Crippen LogP) is 2.90. The van der Waals surface area contributed by atoms with Gasteiger partial charge in [-0.2, -0.15) is 11.3 Å². The van der Waals surface area contributed by atoms with Crippen molar-refractivity contribution in [2.45, 2.75) is 13.5 Å². The molecular formula is C18H25IN4O2S. The van der Waals surface area contributed by atoms with Gasteiger partial charge in [-0.1, -0.05) is 0 Å². The molecule has 0 saturated heterocycles. The molecule has 2 rings (SSSR count). The lowest BCUT2D eigenvalue weighted by Gasteiger charge is -2.21. The zero-order valence-electron chi connectivity index (χ0n) is 14.9. The van der Waals surface area contributed by atoms with E-state index in [1.54, 1.807) is 23.5 Å². The van der Waals surface area contributed by atoms with E-state index in [9.17, 15) is 9.90 Å². The van der Waals surface area contributed by atoms with Crippen LogP contribution in [0.15, 0.2) is 46.1 Å². The van der Waals surface area contributed by atoms with Gasteiger partial charge in [-0.05, 0) is 53.6 Å². The maximum atomic E-state index is 12.0. The maximum Gasteiger partial charge on any atom is 0.251 e. The molecule has 3 N–H and O–H groups in total. The first kappa shape index (κ1) is 22.2. The fraction of sp³-hybridized carbons (Fsp3) is 0.333. The van der Waals surface area contributed by atoms with E-state index < -0.39 is 0 Å². The van der Waals surface area contributed by atoms with Gasteiger partial charge in [0.25, 0.3) is 5.91 Å². The molecule has 0 spiro atoms. The van der Waals surface area contributed by atoms with E-state index in [2.05, 4.69) is 37.4 Å². The van der Waals surface area contributed by atoms with Crippen molar-refractivity contribution in [2.75, 3.05) is 26.7 Å². The minimum absolute atomic E-state index is 0. The van der Waals surface area contributed by atoms with Crippen molar-refractivity contribution in [2.24, 2.45) is 4.99 Å². The number of guanidine groups is 1. The van der Waals surface area contributed by atoms with Gasteiger partial charge in [-0.25, -0.2) is 0 Å². The third-order valence-electron chi connectivity index (χ3n) is 3.48. The number of nitrogens with zero attached hydrogens (tertiary/aromatic N) is 2. The topological polar surface area (TPSA) is 77.0 Å². The van der Waals surface area contributed by atoms with Gasteiger partial charge in [0.05, 0.1) is 6.54 Å². The van der Waals surface area contributed by atoms with Crippen molar-refractivity contribution in [1.82, 2.24) is 15.5 Å². The van der Waals surface area contributed by atoms with E-state index in [4.69, 9.17) is 0 Å². The second-order valence-corrected chi connectivity index (χ2v) is 6.31. The summed E-state index contributed by atoms with van der Waals surface area (Å²) in [6, 6.07) is 8.27. The highest BCUT2D eigenvalue weighted by molar-refractivity contribution is 14.0. The smallest absolute Gasteiger partial charge is 0.251 e. The number of hydrogen-bond acceptors (Lipinski definition) is 4. The summed E-state index contributed by atoms with van der Waals surface area (Å²) in [6.07, 6.45) is 0. The number of benzene rings is 1. The largest absolute Gasteiger partial charge is 0.508 e. The van der Waals surface area contributed by atoms with Gasteiger partial charge >= 0.3 is 0 Å². The highest BCUT2D eigenvalue weighted by atomic mass is 127. The van der Waals surface area contributed by atoms with Crippen LogP contribution in [0.4, 0.5) is 0 Å². The zero-order valence-corrected chi connectivity index (χ0v) is 18.1. The van der Waals surface area contributed by atoms with Crippen molar-refractivity contribution in [1.29, 1.82) is 0 Å². The summed E-state index contributed by atoms with van der Waals surface area (Å²) in [5, 5.41) is 19.5. The number of aromatic hydroxyl groups is 1. The quantitative estimate of drug-likeness (QED) is 0.243. The van der Waals surface area contributed by atoms with E-state index in [0.717, 1.165) is 19.0 Å². The summed E-state index contributed by atoms with van der Waals surface area (Å²) in [4.78, 5) is 18.6. The van der Waals surface area contributed by atoms with E-state index >= 15 is 0 Å².